The summed E-state index contributed by atoms with van der Waals surface area (Å²) in [5, 5.41) is 14.5. The van der Waals surface area contributed by atoms with E-state index in [4.69, 9.17) is 0 Å². The van der Waals surface area contributed by atoms with E-state index >= 15 is 0 Å². The molecule has 0 aromatic carbocycles. The summed E-state index contributed by atoms with van der Waals surface area (Å²) in [7, 11) is 1.58. The number of nitrogens with zero attached hydrogens (tertiary/aromatic N) is 4. The molecule has 0 atom stereocenters. The molecule has 54 valence electrons. The third-order valence-electron chi connectivity index (χ3n) is 0.902. The zero-order valence-electron chi connectivity index (χ0n) is 5.18. The largest absolute Gasteiger partial charge is 0.317 e. The molecule has 7 heteroatoms. The summed E-state index contributed by atoms with van der Waals surface area (Å²) in [6.07, 6.45) is 1.32. The second-order valence-corrected chi connectivity index (χ2v) is 1.58. The Labute approximate surface area is 55.1 Å². The first kappa shape index (κ1) is 6.46. The highest BCUT2D eigenvalue weighted by molar-refractivity contribution is 4.51. The van der Waals surface area contributed by atoms with Gasteiger partial charge in [0.2, 0.25) is 0 Å². The number of H-pyrrole nitrogens is 1. The van der Waals surface area contributed by atoms with Crippen LogP contribution >= 0.6 is 0 Å². The van der Waals surface area contributed by atoms with Crippen molar-refractivity contribution >= 4 is 0 Å². The molecule has 0 spiro atoms. The lowest BCUT2D eigenvalue weighted by molar-refractivity contribution is -0.491. The van der Waals surface area contributed by atoms with Crippen molar-refractivity contribution in [1.29, 1.82) is 0 Å². The summed E-state index contributed by atoms with van der Waals surface area (Å²) in [6.45, 7) is 0. The van der Waals surface area contributed by atoms with Crippen LogP contribution < -0.4 is 5.62 Å². The third-order valence-corrected chi connectivity index (χ3v) is 0.902. The van der Waals surface area contributed by atoms with E-state index in [0.717, 1.165) is 0 Å². The number of hydrogen-bond donors (Lipinski definition) is 1. The van der Waals surface area contributed by atoms with E-state index < -0.39 is 5.03 Å². The molecule has 0 aliphatic rings. The first-order chi connectivity index (χ1) is 4.70. The van der Waals surface area contributed by atoms with Crippen molar-refractivity contribution < 1.29 is 5.03 Å². The van der Waals surface area contributed by atoms with Crippen molar-refractivity contribution in [1.82, 2.24) is 14.8 Å². The Balaban J connectivity index is 3.15. The maximum atomic E-state index is 9.79. The second-order valence-electron chi connectivity index (χ2n) is 1.58. The van der Waals surface area contributed by atoms with Crippen molar-refractivity contribution in [3.63, 3.8) is 0 Å². The standard InChI is InChI=1S/C3H5N5O2/c1-7-3(4-2-5-7)6-8(9)10/h2H,1H3,(H,4,5,6). The van der Waals surface area contributed by atoms with Crippen LogP contribution in [0, 0.1) is 10.1 Å². The highest BCUT2D eigenvalue weighted by Gasteiger charge is 1.93. The molecule has 0 bridgehead atoms. The van der Waals surface area contributed by atoms with Gasteiger partial charge in [0.05, 0.1) is 0 Å². The van der Waals surface area contributed by atoms with Gasteiger partial charge in [-0.1, -0.05) is 0 Å². The van der Waals surface area contributed by atoms with Crippen molar-refractivity contribution in [2.75, 3.05) is 0 Å². The number of aromatic nitrogens is 3. The molecule has 1 aromatic heterocycles. The summed E-state index contributed by atoms with van der Waals surface area (Å²) in [5.41, 5.74) is 0.0463. The van der Waals surface area contributed by atoms with Gasteiger partial charge in [-0.05, 0) is 0 Å². The zero-order valence-corrected chi connectivity index (χ0v) is 5.18. The molecular weight excluding hydrogens is 138 g/mol. The second kappa shape index (κ2) is 2.29. The molecule has 1 aromatic rings. The van der Waals surface area contributed by atoms with Crippen LogP contribution in [0.1, 0.15) is 0 Å². The summed E-state index contributed by atoms with van der Waals surface area (Å²) in [5.74, 6) is 0. The number of rotatable bonds is 1. The normalized spacial score (nSPS) is 11.9. The van der Waals surface area contributed by atoms with Gasteiger partial charge in [-0.2, -0.15) is 4.98 Å². The van der Waals surface area contributed by atoms with Crippen molar-refractivity contribution in [3.8, 4) is 0 Å². The van der Waals surface area contributed by atoms with Crippen LogP contribution in [-0.4, -0.2) is 19.8 Å². The molecule has 1 N–H and O–H groups in total. The van der Waals surface area contributed by atoms with Gasteiger partial charge in [-0.3, -0.25) is 9.78 Å². The SMILES string of the molecule is Cn1[nH]cn/c1=N\[N+](=O)[O-]. The first-order valence-corrected chi connectivity index (χ1v) is 2.45. The van der Waals surface area contributed by atoms with E-state index in [0.29, 0.717) is 0 Å². The van der Waals surface area contributed by atoms with Gasteiger partial charge in [0.15, 0.2) is 5.03 Å². The minimum Gasteiger partial charge on any atom is -0.285 e. The smallest absolute Gasteiger partial charge is 0.285 e. The number of aryl methyl sites for hydroxylation is 1. The Morgan fingerprint density at radius 3 is 3.10 bits per heavy atom. The van der Waals surface area contributed by atoms with E-state index in [2.05, 4.69) is 15.2 Å². The summed E-state index contributed by atoms with van der Waals surface area (Å²) in [6, 6.07) is 0. The number of nitro groups is 1. The van der Waals surface area contributed by atoms with Crippen molar-refractivity contribution in [2.45, 2.75) is 0 Å². The molecule has 1 rings (SSSR count). The van der Waals surface area contributed by atoms with Gasteiger partial charge in [-0.25, -0.2) is 10.1 Å². The average Bonchev–Trinajstić information content (AvgIpc) is 2.15. The molecule has 0 amide bonds. The molecule has 0 radical (unpaired) electrons. The van der Waals surface area contributed by atoms with Crippen LogP contribution in [0.4, 0.5) is 0 Å². The van der Waals surface area contributed by atoms with Crippen LogP contribution in [0.3, 0.4) is 0 Å². The van der Waals surface area contributed by atoms with Crippen LogP contribution in [0.2, 0.25) is 0 Å². The maximum Gasteiger partial charge on any atom is 0.317 e. The monoisotopic (exact) mass is 143 g/mol. The Hall–Kier alpha value is -1.66. The highest BCUT2D eigenvalue weighted by Crippen LogP contribution is 1.65. The van der Waals surface area contributed by atoms with Crippen LogP contribution in [-0.2, 0) is 7.05 Å². The quantitative estimate of drug-likeness (QED) is 0.397. The topological polar surface area (TPSA) is 89.1 Å². The molecule has 0 aliphatic heterocycles. The molecule has 0 saturated heterocycles. The number of nitrogens with one attached hydrogen (secondary N) is 1. The summed E-state index contributed by atoms with van der Waals surface area (Å²) >= 11 is 0. The van der Waals surface area contributed by atoms with Crippen LogP contribution in [0.5, 0.6) is 0 Å². The average molecular weight is 143 g/mol. The van der Waals surface area contributed by atoms with Crippen LogP contribution in [0.15, 0.2) is 11.4 Å². The van der Waals surface area contributed by atoms with Gasteiger partial charge in [0.25, 0.3) is 0 Å². The molecule has 0 fully saturated rings. The Bertz CT molecular complexity index is 296. The first-order valence-electron chi connectivity index (χ1n) is 2.45. The Morgan fingerprint density at radius 1 is 2.00 bits per heavy atom. The fourth-order valence-electron chi connectivity index (χ4n) is 0.483. The lowest BCUT2D eigenvalue weighted by atomic mass is 11.1. The zero-order chi connectivity index (χ0) is 7.56. The Kier molecular flexibility index (Phi) is 1.48. The highest BCUT2D eigenvalue weighted by atomic mass is 16.7. The van der Waals surface area contributed by atoms with E-state index in [1.807, 2.05) is 0 Å². The minimum atomic E-state index is -0.795. The number of hydrogen-bond acceptors (Lipinski definition) is 3. The molecule has 0 aliphatic carbocycles. The van der Waals surface area contributed by atoms with Gasteiger partial charge in [0, 0.05) is 7.05 Å². The lowest BCUT2D eigenvalue weighted by Gasteiger charge is -1.81. The summed E-state index contributed by atoms with van der Waals surface area (Å²) < 4.78 is 1.34. The third kappa shape index (κ3) is 1.19. The van der Waals surface area contributed by atoms with Gasteiger partial charge >= 0.3 is 5.62 Å². The van der Waals surface area contributed by atoms with E-state index in [1.54, 1.807) is 7.05 Å². The lowest BCUT2D eigenvalue weighted by Crippen LogP contribution is -2.18. The predicted molar refractivity (Wildman–Crippen MR) is 30.1 cm³/mol. The maximum absolute atomic E-state index is 9.79. The van der Waals surface area contributed by atoms with E-state index in [9.17, 15) is 10.1 Å². The van der Waals surface area contributed by atoms with Crippen molar-refractivity contribution in [2.24, 2.45) is 12.1 Å². The molecule has 1 heterocycles. The summed E-state index contributed by atoms with van der Waals surface area (Å²) in [4.78, 5) is 13.3. The molecule has 7 nitrogen and oxygen atoms in total. The van der Waals surface area contributed by atoms with E-state index in [-0.39, 0.29) is 5.62 Å². The van der Waals surface area contributed by atoms with Crippen LogP contribution in [0.25, 0.3) is 0 Å². The molecular formula is C3H5N5O2. The Morgan fingerprint density at radius 2 is 2.70 bits per heavy atom. The molecule has 0 saturated carbocycles. The fraction of sp³-hybridized carbons (Fsp3) is 0.333. The fourth-order valence-corrected chi connectivity index (χ4v) is 0.483. The van der Waals surface area contributed by atoms with Gasteiger partial charge in [0.1, 0.15) is 11.4 Å². The molecule has 0 unspecified atom stereocenters. The predicted octanol–water partition coefficient (Wildman–Crippen LogP) is -1.16. The molecule has 10 heavy (non-hydrogen) atoms. The van der Waals surface area contributed by atoms with Gasteiger partial charge < -0.3 is 0 Å². The van der Waals surface area contributed by atoms with Gasteiger partial charge in [-0.15, -0.1) is 0 Å². The van der Waals surface area contributed by atoms with Crippen molar-refractivity contribution in [3.05, 3.63) is 22.1 Å². The number of aromatic amines is 1. The minimum absolute atomic E-state index is 0.0463. The van der Waals surface area contributed by atoms with E-state index in [1.165, 1.54) is 11.0 Å².